The number of hydrogen-bond acceptors (Lipinski definition) is 2. The fraction of sp³-hybridized carbons (Fsp3) is 0.429. The SMILES string of the molecule is O=C(CCCC(=O)c1ccc(F)c(F)c1)NC1CC1. The predicted molar refractivity (Wildman–Crippen MR) is 65.7 cm³/mol. The molecule has 2 rings (SSSR count). The molecule has 0 aromatic heterocycles. The second-order valence-electron chi connectivity index (χ2n) is 4.75. The van der Waals surface area contributed by atoms with Gasteiger partial charge in [0.05, 0.1) is 0 Å². The van der Waals surface area contributed by atoms with Crippen molar-refractivity contribution in [2.24, 2.45) is 0 Å². The minimum Gasteiger partial charge on any atom is -0.353 e. The molecule has 0 spiro atoms. The second kappa shape index (κ2) is 5.91. The van der Waals surface area contributed by atoms with E-state index in [2.05, 4.69) is 5.32 Å². The minimum absolute atomic E-state index is 0.0550. The van der Waals surface area contributed by atoms with E-state index in [1.54, 1.807) is 0 Å². The lowest BCUT2D eigenvalue weighted by atomic mass is 10.1. The topological polar surface area (TPSA) is 46.2 Å². The van der Waals surface area contributed by atoms with Crippen molar-refractivity contribution in [2.45, 2.75) is 38.1 Å². The van der Waals surface area contributed by atoms with Crippen molar-refractivity contribution in [2.75, 3.05) is 0 Å². The van der Waals surface area contributed by atoms with Gasteiger partial charge in [-0.05, 0) is 37.5 Å². The molecular weight excluding hydrogens is 252 g/mol. The molecule has 0 unspecified atom stereocenters. The van der Waals surface area contributed by atoms with Crippen LogP contribution in [0, 0.1) is 11.6 Å². The van der Waals surface area contributed by atoms with Crippen LogP contribution in [-0.4, -0.2) is 17.7 Å². The molecule has 1 aromatic carbocycles. The highest BCUT2D eigenvalue weighted by molar-refractivity contribution is 5.96. The highest BCUT2D eigenvalue weighted by atomic mass is 19.2. The van der Waals surface area contributed by atoms with E-state index in [1.165, 1.54) is 6.07 Å². The molecule has 102 valence electrons. The Morgan fingerprint density at radius 2 is 1.89 bits per heavy atom. The average Bonchev–Trinajstić information content (AvgIpc) is 3.16. The first-order valence-corrected chi connectivity index (χ1v) is 6.34. The molecule has 1 fully saturated rings. The van der Waals surface area contributed by atoms with E-state index in [4.69, 9.17) is 0 Å². The Bertz CT molecular complexity index is 498. The van der Waals surface area contributed by atoms with E-state index in [-0.39, 0.29) is 30.1 Å². The highest BCUT2D eigenvalue weighted by Crippen LogP contribution is 2.19. The van der Waals surface area contributed by atoms with Gasteiger partial charge in [0, 0.05) is 24.4 Å². The summed E-state index contributed by atoms with van der Waals surface area (Å²) >= 11 is 0. The van der Waals surface area contributed by atoms with Gasteiger partial charge in [0.2, 0.25) is 5.91 Å². The highest BCUT2D eigenvalue weighted by Gasteiger charge is 2.22. The van der Waals surface area contributed by atoms with Crippen molar-refractivity contribution in [3.8, 4) is 0 Å². The first-order valence-electron chi connectivity index (χ1n) is 6.34. The number of carbonyl (C=O) groups is 2. The Hall–Kier alpha value is -1.78. The average molecular weight is 267 g/mol. The summed E-state index contributed by atoms with van der Waals surface area (Å²) in [7, 11) is 0. The van der Waals surface area contributed by atoms with E-state index >= 15 is 0 Å². The third kappa shape index (κ3) is 4.12. The maximum absolute atomic E-state index is 12.9. The number of nitrogens with one attached hydrogen (secondary N) is 1. The monoisotopic (exact) mass is 267 g/mol. The second-order valence-corrected chi connectivity index (χ2v) is 4.75. The third-order valence-corrected chi connectivity index (χ3v) is 2.99. The maximum atomic E-state index is 12.9. The number of carbonyl (C=O) groups excluding carboxylic acids is 2. The molecule has 0 radical (unpaired) electrons. The molecule has 0 aliphatic heterocycles. The summed E-state index contributed by atoms with van der Waals surface area (Å²) in [6.45, 7) is 0. The molecule has 0 atom stereocenters. The van der Waals surface area contributed by atoms with Gasteiger partial charge in [-0.1, -0.05) is 0 Å². The molecule has 1 aliphatic rings. The molecule has 1 saturated carbocycles. The zero-order valence-corrected chi connectivity index (χ0v) is 10.4. The molecular formula is C14H15F2NO2. The Labute approximate surface area is 110 Å². The predicted octanol–water partition coefficient (Wildman–Crippen LogP) is 2.60. The largest absolute Gasteiger partial charge is 0.353 e. The van der Waals surface area contributed by atoms with Crippen molar-refractivity contribution >= 4 is 11.7 Å². The molecule has 1 aromatic rings. The summed E-state index contributed by atoms with van der Waals surface area (Å²) in [5.74, 6) is -2.34. The Morgan fingerprint density at radius 1 is 1.16 bits per heavy atom. The van der Waals surface area contributed by atoms with E-state index in [0.717, 1.165) is 25.0 Å². The van der Waals surface area contributed by atoms with E-state index in [1.807, 2.05) is 0 Å². The number of benzene rings is 1. The summed E-state index contributed by atoms with van der Waals surface area (Å²) in [4.78, 5) is 23.1. The normalized spacial score (nSPS) is 14.2. The quantitative estimate of drug-likeness (QED) is 0.805. The number of ketones is 1. The smallest absolute Gasteiger partial charge is 0.220 e. The molecule has 1 aliphatic carbocycles. The number of halogens is 2. The van der Waals surface area contributed by atoms with E-state index in [9.17, 15) is 18.4 Å². The maximum Gasteiger partial charge on any atom is 0.220 e. The van der Waals surface area contributed by atoms with Crippen molar-refractivity contribution in [1.82, 2.24) is 5.32 Å². The first-order chi connectivity index (χ1) is 9.06. The number of rotatable bonds is 6. The molecule has 3 nitrogen and oxygen atoms in total. The zero-order valence-electron chi connectivity index (χ0n) is 10.4. The van der Waals surface area contributed by atoms with Crippen LogP contribution in [0.5, 0.6) is 0 Å². The van der Waals surface area contributed by atoms with Crippen LogP contribution in [-0.2, 0) is 4.79 Å². The zero-order chi connectivity index (χ0) is 13.8. The van der Waals surface area contributed by atoms with E-state index in [0.29, 0.717) is 12.5 Å². The first kappa shape index (κ1) is 13.6. The van der Waals surface area contributed by atoms with Crippen molar-refractivity contribution in [3.05, 3.63) is 35.4 Å². The number of hydrogen-bond donors (Lipinski definition) is 1. The molecule has 5 heteroatoms. The van der Waals surface area contributed by atoms with Gasteiger partial charge in [0.15, 0.2) is 17.4 Å². The minimum atomic E-state index is -1.03. The van der Waals surface area contributed by atoms with Crippen LogP contribution in [0.15, 0.2) is 18.2 Å². The summed E-state index contributed by atoms with van der Waals surface area (Å²) in [5, 5.41) is 2.82. The van der Waals surface area contributed by atoms with Crippen LogP contribution in [0.25, 0.3) is 0 Å². The van der Waals surface area contributed by atoms with Gasteiger partial charge in [-0.25, -0.2) is 8.78 Å². The lowest BCUT2D eigenvalue weighted by Gasteiger charge is -2.03. The molecule has 19 heavy (non-hydrogen) atoms. The molecule has 0 saturated heterocycles. The Balaban J connectivity index is 1.76. The fourth-order valence-electron chi connectivity index (χ4n) is 1.75. The van der Waals surface area contributed by atoms with Gasteiger partial charge < -0.3 is 5.32 Å². The van der Waals surface area contributed by atoms with Crippen LogP contribution in [0.4, 0.5) is 8.78 Å². The molecule has 1 amide bonds. The van der Waals surface area contributed by atoms with Crippen molar-refractivity contribution < 1.29 is 18.4 Å². The van der Waals surface area contributed by atoms with Gasteiger partial charge in [-0.2, -0.15) is 0 Å². The van der Waals surface area contributed by atoms with Gasteiger partial charge >= 0.3 is 0 Å². The standard InChI is InChI=1S/C14H15F2NO2/c15-11-7-4-9(8-12(11)16)13(18)2-1-3-14(19)17-10-5-6-10/h4,7-8,10H,1-3,5-6H2,(H,17,19). The van der Waals surface area contributed by atoms with Crippen LogP contribution in [0.2, 0.25) is 0 Å². The van der Waals surface area contributed by atoms with Gasteiger partial charge in [0.25, 0.3) is 0 Å². The molecule has 1 N–H and O–H groups in total. The van der Waals surface area contributed by atoms with Crippen LogP contribution in [0.1, 0.15) is 42.5 Å². The Morgan fingerprint density at radius 3 is 2.53 bits per heavy atom. The van der Waals surface area contributed by atoms with Crippen molar-refractivity contribution in [3.63, 3.8) is 0 Å². The Kier molecular flexibility index (Phi) is 4.24. The molecule has 0 bridgehead atoms. The lowest BCUT2D eigenvalue weighted by molar-refractivity contribution is -0.121. The molecule has 0 heterocycles. The summed E-state index contributed by atoms with van der Waals surface area (Å²) in [6.07, 6.45) is 2.91. The third-order valence-electron chi connectivity index (χ3n) is 2.99. The summed E-state index contributed by atoms with van der Waals surface area (Å²) < 4.78 is 25.7. The van der Waals surface area contributed by atoms with E-state index < -0.39 is 11.6 Å². The summed E-state index contributed by atoms with van der Waals surface area (Å²) in [5.41, 5.74) is 0.140. The van der Waals surface area contributed by atoms with Crippen molar-refractivity contribution in [1.29, 1.82) is 0 Å². The van der Waals surface area contributed by atoms with Gasteiger partial charge in [0.1, 0.15) is 0 Å². The number of amides is 1. The van der Waals surface area contributed by atoms with Crippen LogP contribution in [0.3, 0.4) is 0 Å². The lowest BCUT2D eigenvalue weighted by Crippen LogP contribution is -2.25. The number of Topliss-reactive ketones (excluding diaryl/α,β-unsaturated/α-hetero) is 1. The fourth-order valence-corrected chi connectivity index (χ4v) is 1.75. The van der Waals surface area contributed by atoms with Gasteiger partial charge in [-0.3, -0.25) is 9.59 Å². The van der Waals surface area contributed by atoms with Gasteiger partial charge in [-0.15, -0.1) is 0 Å². The van der Waals surface area contributed by atoms with Crippen LogP contribution < -0.4 is 5.32 Å². The summed E-state index contributed by atoms with van der Waals surface area (Å²) in [6, 6.07) is 3.39. The van der Waals surface area contributed by atoms with Crippen LogP contribution >= 0.6 is 0 Å².